The van der Waals surface area contributed by atoms with Crippen LogP contribution in [0.3, 0.4) is 0 Å². The van der Waals surface area contributed by atoms with Gasteiger partial charge in [0.05, 0.1) is 11.2 Å². The predicted octanol–water partition coefficient (Wildman–Crippen LogP) is 3.21. The Bertz CT molecular complexity index is 900. The summed E-state index contributed by atoms with van der Waals surface area (Å²) in [5.74, 6) is -1.01. The molecular weight excluding hydrogens is 288 g/mol. The lowest BCUT2D eigenvalue weighted by Crippen LogP contribution is -2.20. The summed E-state index contributed by atoms with van der Waals surface area (Å²) in [6, 6.07) is 10.3. The second kappa shape index (κ2) is 5.40. The second-order valence-corrected chi connectivity index (χ2v) is 4.57. The summed E-state index contributed by atoms with van der Waals surface area (Å²) < 4.78 is 27.8. The standard InChI is InChI=1S/C16H10F2N3O/c17-11-6-7-12-14(20-21(16(19)22)15(12)9-11)8-5-10-3-1-2-4-13(10)18/h1-5,7-9H,(H2,19,22)/b8-5+. The highest BCUT2D eigenvalue weighted by Gasteiger charge is 2.13. The Morgan fingerprint density at radius 1 is 1.27 bits per heavy atom. The Morgan fingerprint density at radius 2 is 2.05 bits per heavy atom. The van der Waals surface area contributed by atoms with E-state index in [1.165, 1.54) is 24.3 Å². The fraction of sp³-hybridized carbons (Fsp3) is 0. The van der Waals surface area contributed by atoms with Gasteiger partial charge >= 0.3 is 6.03 Å². The molecule has 2 aromatic carbocycles. The highest BCUT2D eigenvalue weighted by atomic mass is 19.1. The zero-order chi connectivity index (χ0) is 15.7. The molecule has 1 heterocycles. The molecular formula is C16H10F2N3O. The summed E-state index contributed by atoms with van der Waals surface area (Å²) in [6.07, 6.45) is 3.05. The molecule has 0 aliphatic carbocycles. The van der Waals surface area contributed by atoms with E-state index in [0.717, 1.165) is 10.7 Å². The normalized spacial score (nSPS) is 11.4. The molecule has 109 valence electrons. The number of carbonyl (C=O) groups excluding carboxylic acids is 1. The molecule has 0 aliphatic rings. The zero-order valence-electron chi connectivity index (χ0n) is 11.3. The van der Waals surface area contributed by atoms with Gasteiger partial charge in [-0.05, 0) is 24.3 Å². The van der Waals surface area contributed by atoms with Crippen LogP contribution in [0.25, 0.3) is 23.1 Å². The first-order valence-corrected chi connectivity index (χ1v) is 6.38. The minimum absolute atomic E-state index is 0.233. The molecule has 3 aromatic rings. The van der Waals surface area contributed by atoms with Gasteiger partial charge in [0.1, 0.15) is 11.6 Å². The van der Waals surface area contributed by atoms with Crippen LogP contribution in [-0.2, 0) is 0 Å². The van der Waals surface area contributed by atoms with Crippen LogP contribution in [0.4, 0.5) is 13.6 Å². The highest BCUT2D eigenvalue weighted by molar-refractivity contribution is 5.95. The molecule has 1 amide bonds. The van der Waals surface area contributed by atoms with E-state index in [4.69, 9.17) is 5.73 Å². The minimum Gasteiger partial charge on any atom is -0.350 e. The third kappa shape index (κ3) is 2.46. The van der Waals surface area contributed by atoms with Gasteiger partial charge in [-0.3, -0.25) is 0 Å². The number of halogens is 2. The molecule has 4 nitrogen and oxygen atoms in total. The fourth-order valence-corrected chi connectivity index (χ4v) is 2.12. The Labute approximate surface area is 124 Å². The van der Waals surface area contributed by atoms with Crippen molar-refractivity contribution >= 4 is 29.1 Å². The van der Waals surface area contributed by atoms with E-state index < -0.39 is 11.8 Å². The largest absolute Gasteiger partial charge is 0.350 e. The molecule has 0 aliphatic heterocycles. The first kappa shape index (κ1) is 13.9. The number of rotatable bonds is 2. The summed E-state index contributed by atoms with van der Waals surface area (Å²) in [4.78, 5) is 11.4. The van der Waals surface area contributed by atoms with Crippen LogP contribution in [0, 0.1) is 17.7 Å². The van der Waals surface area contributed by atoms with Gasteiger partial charge in [-0.25, -0.2) is 13.6 Å². The van der Waals surface area contributed by atoms with E-state index in [2.05, 4.69) is 11.2 Å². The molecule has 3 rings (SSSR count). The minimum atomic E-state index is -0.832. The number of aromatic nitrogens is 2. The van der Waals surface area contributed by atoms with Gasteiger partial charge in [0, 0.05) is 23.1 Å². The lowest BCUT2D eigenvalue weighted by atomic mass is 10.1. The number of nitrogens with two attached hydrogens (primary N) is 1. The molecule has 0 fully saturated rings. The van der Waals surface area contributed by atoms with E-state index in [-0.39, 0.29) is 11.3 Å². The predicted molar refractivity (Wildman–Crippen MR) is 78.8 cm³/mol. The van der Waals surface area contributed by atoms with Gasteiger partial charge in [0.2, 0.25) is 0 Å². The molecule has 0 saturated carbocycles. The third-order valence-corrected chi connectivity index (χ3v) is 3.14. The monoisotopic (exact) mass is 298 g/mol. The van der Waals surface area contributed by atoms with Gasteiger partial charge in [0.25, 0.3) is 0 Å². The van der Waals surface area contributed by atoms with Crippen LogP contribution in [0.15, 0.2) is 36.4 Å². The van der Waals surface area contributed by atoms with Crippen molar-refractivity contribution in [3.63, 3.8) is 0 Å². The van der Waals surface area contributed by atoms with Gasteiger partial charge in [-0.1, -0.05) is 18.2 Å². The van der Waals surface area contributed by atoms with Crippen LogP contribution >= 0.6 is 0 Å². The maximum absolute atomic E-state index is 13.6. The van der Waals surface area contributed by atoms with Crippen molar-refractivity contribution in [2.75, 3.05) is 0 Å². The van der Waals surface area contributed by atoms with Crippen molar-refractivity contribution in [1.29, 1.82) is 0 Å². The van der Waals surface area contributed by atoms with Crippen molar-refractivity contribution in [1.82, 2.24) is 9.78 Å². The van der Waals surface area contributed by atoms with Crippen molar-refractivity contribution in [2.45, 2.75) is 0 Å². The summed E-state index contributed by atoms with van der Waals surface area (Å²) in [7, 11) is 0. The quantitative estimate of drug-likeness (QED) is 0.789. The van der Waals surface area contributed by atoms with Crippen LogP contribution in [0.5, 0.6) is 0 Å². The van der Waals surface area contributed by atoms with Gasteiger partial charge < -0.3 is 5.73 Å². The fourth-order valence-electron chi connectivity index (χ4n) is 2.12. The molecule has 1 radical (unpaired) electrons. The average molecular weight is 298 g/mol. The molecule has 2 N–H and O–H groups in total. The molecule has 0 spiro atoms. The summed E-state index contributed by atoms with van der Waals surface area (Å²) >= 11 is 0. The van der Waals surface area contributed by atoms with Crippen molar-refractivity contribution in [3.8, 4) is 0 Å². The number of hydrogen-bond donors (Lipinski definition) is 1. The van der Waals surface area contributed by atoms with Crippen LogP contribution in [0.2, 0.25) is 0 Å². The topological polar surface area (TPSA) is 60.9 Å². The van der Waals surface area contributed by atoms with Crippen molar-refractivity contribution < 1.29 is 13.6 Å². The first-order chi connectivity index (χ1) is 10.6. The van der Waals surface area contributed by atoms with E-state index in [1.807, 2.05) is 0 Å². The molecule has 0 atom stereocenters. The lowest BCUT2D eigenvalue weighted by molar-refractivity contribution is 0.248. The summed E-state index contributed by atoms with van der Waals surface area (Å²) in [6.45, 7) is 0. The molecule has 0 saturated heterocycles. The van der Waals surface area contributed by atoms with E-state index in [1.54, 1.807) is 18.2 Å². The zero-order valence-corrected chi connectivity index (χ0v) is 11.3. The maximum Gasteiger partial charge on any atom is 0.340 e. The van der Waals surface area contributed by atoms with Gasteiger partial charge in [-0.15, -0.1) is 0 Å². The van der Waals surface area contributed by atoms with E-state index in [9.17, 15) is 13.6 Å². The van der Waals surface area contributed by atoms with Crippen molar-refractivity contribution in [2.24, 2.45) is 5.73 Å². The smallest absolute Gasteiger partial charge is 0.340 e. The van der Waals surface area contributed by atoms with E-state index >= 15 is 0 Å². The van der Waals surface area contributed by atoms with Gasteiger partial charge in [0.15, 0.2) is 0 Å². The molecule has 1 aromatic heterocycles. The number of fused-ring (bicyclic) bond motifs is 1. The van der Waals surface area contributed by atoms with Crippen molar-refractivity contribution in [3.05, 3.63) is 65.4 Å². The number of hydrogen-bond acceptors (Lipinski definition) is 2. The number of benzene rings is 2. The Hall–Kier alpha value is -3.02. The molecule has 22 heavy (non-hydrogen) atoms. The SMILES string of the molecule is NC(=O)n1nc(/C=C/c2ccccc2F)c2c[c]c(F)cc21. The third-order valence-electron chi connectivity index (χ3n) is 3.14. The molecule has 0 unspecified atom stereocenters. The second-order valence-electron chi connectivity index (χ2n) is 4.57. The number of amides is 1. The number of carbonyl (C=O) groups is 1. The maximum atomic E-state index is 13.6. The van der Waals surface area contributed by atoms with Crippen LogP contribution in [0.1, 0.15) is 11.3 Å². The Morgan fingerprint density at radius 3 is 2.77 bits per heavy atom. The molecule has 6 heteroatoms. The van der Waals surface area contributed by atoms with Gasteiger partial charge in [-0.2, -0.15) is 9.78 Å². The van der Waals surface area contributed by atoms with E-state index in [0.29, 0.717) is 16.6 Å². The highest BCUT2D eigenvalue weighted by Crippen LogP contribution is 2.21. The molecule has 0 bridgehead atoms. The first-order valence-electron chi connectivity index (χ1n) is 6.38. The average Bonchev–Trinajstić information content (AvgIpc) is 2.84. The summed E-state index contributed by atoms with van der Waals surface area (Å²) in [5.41, 5.74) is 6.19. The lowest BCUT2D eigenvalue weighted by Gasteiger charge is -1.95. The van der Waals surface area contributed by atoms with Crippen LogP contribution < -0.4 is 5.73 Å². The Kier molecular flexibility index (Phi) is 3.42. The van der Waals surface area contributed by atoms with Crippen LogP contribution in [-0.4, -0.2) is 15.8 Å². The number of primary amides is 1. The summed E-state index contributed by atoms with van der Waals surface area (Å²) in [5, 5.41) is 4.51. The Balaban J connectivity index is 2.12. The number of nitrogens with zero attached hydrogens (tertiary/aromatic N) is 2.